The van der Waals surface area contributed by atoms with Gasteiger partial charge in [0.2, 0.25) is 0 Å². The van der Waals surface area contributed by atoms with Crippen molar-refractivity contribution in [3.8, 4) is 5.75 Å². The molecule has 33 heavy (non-hydrogen) atoms. The van der Waals surface area contributed by atoms with E-state index in [2.05, 4.69) is 0 Å². The van der Waals surface area contributed by atoms with Gasteiger partial charge in [0.25, 0.3) is 5.91 Å². The second-order valence-electron chi connectivity index (χ2n) is 7.64. The largest absolute Gasteiger partial charge is 0.379 e. The lowest BCUT2D eigenvalue weighted by Crippen LogP contribution is -2.36. The second-order valence-corrected chi connectivity index (χ2v) is 9.19. The highest BCUT2D eigenvalue weighted by molar-refractivity contribution is 7.87. The Bertz CT molecular complexity index is 1220. The first-order valence-electron chi connectivity index (χ1n) is 10.1. The highest BCUT2D eigenvalue weighted by Gasteiger charge is 2.22. The van der Waals surface area contributed by atoms with Gasteiger partial charge < -0.3 is 14.0 Å². The topological polar surface area (TPSA) is 66.9 Å². The van der Waals surface area contributed by atoms with Crippen molar-refractivity contribution in [1.82, 2.24) is 9.80 Å². The molecule has 0 atom stereocenters. The van der Waals surface area contributed by atoms with E-state index in [9.17, 15) is 22.0 Å². The number of carbonyl (C=O) groups is 1. The van der Waals surface area contributed by atoms with E-state index < -0.39 is 27.7 Å². The van der Waals surface area contributed by atoms with Crippen LogP contribution in [-0.2, 0) is 16.7 Å². The van der Waals surface area contributed by atoms with E-state index >= 15 is 0 Å². The fraction of sp³-hybridized carbons (Fsp3) is 0.208. The summed E-state index contributed by atoms with van der Waals surface area (Å²) in [5, 5.41) is 0. The molecule has 0 heterocycles. The molecule has 174 valence electrons. The fourth-order valence-corrected chi connectivity index (χ4v) is 4.03. The molecule has 3 aromatic rings. The van der Waals surface area contributed by atoms with Crippen LogP contribution < -0.4 is 4.18 Å². The average Bonchev–Trinajstić information content (AvgIpc) is 2.77. The van der Waals surface area contributed by atoms with Gasteiger partial charge in [-0.15, -0.1) is 0 Å². The van der Waals surface area contributed by atoms with Crippen molar-refractivity contribution in [3.63, 3.8) is 0 Å². The minimum atomic E-state index is -4.22. The quantitative estimate of drug-likeness (QED) is 0.440. The van der Waals surface area contributed by atoms with Gasteiger partial charge in [0.05, 0.1) is 0 Å². The van der Waals surface area contributed by atoms with Crippen molar-refractivity contribution < 1.29 is 26.2 Å². The third-order valence-corrected chi connectivity index (χ3v) is 6.06. The molecule has 9 heteroatoms. The second kappa shape index (κ2) is 10.5. The van der Waals surface area contributed by atoms with Crippen molar-refractivity contribution in [2.24, 2.45) is 0 Å². The van der Waals surface area contributed by atoms with Gasteiger partial charge in [0.1, 0.15) is 22.3 Å². The van der Waals surface area contributed by atoms with Crippen LogP contribution in [0.3, 0.4) is 0 Å². The number of hydrogen-bond donors (Lipinski definition) is 0. The summed E-state index contributed by atoms with van der Waals surface area (Å²) in [6, 6.07) is 16.1. The minimum Gasteiger partial charge on any atom is -0.379 e. The van der Waals surface area contributed by atoms with Gasteiger partial charge in [-0.25, -0.2) is 8.78 Å². The number of carbonyl (C=O) groups excluding carboxylic acids is 1. The van der Waals surface area contributed by atoms with Crippen LogP contribution in [0.5, 0.6) is 5.75 Å². The van der Waals surface area contributed by atoms with E-state index in [1.165, 1.54) is 29.2 Å². The summed E-state index contributed by atoms with van der Waals surface area (Å²) in [4.78, 5) is 16.3. The highest BCUT2D eigenvalue weighted by Crippen LogP contribution is 2.25. The van der Waals surface area contributed by atoms with Gasteiger partial charge in [-0.05, 0) is 62.6 Å². The molecule has 0 aliphatic carbocycles. The zero-order valence-corrected chi connectivity index (χ0v) is 19.1. The number of amides is 1. The number of para-hydroxylation sites is 1. The molecule has 6 nitrogen and oxygen atoms in total. The molecule has 0 saturated carbocycles. The SMILES string of the molecule is CN(C)CCN(Cc1ccccc1OS(=O)(=O)c1ccc(F)cc1)C(=O)c1cccc(F)c1. The van der Waals surface area contributed by atoms with E-state index in [-0.39, 0.29) is 22.8 Å². The van der Waals surface area contributed by atoms with Gasteiger partial charge in [0, 0.05) is 30.8 Å². The van der Waals surface area contributed by atoms with E-state index in [1.807, 2.05) is 19.0 Å². The summed E-state index contributed by atoms with van der Waals surface area (Å²) >= 11 is 0. The normalized spacial score (nSPS) is 11.4. The lowest BCUT2D eigenvalue weighted by molar-refractivity contribution is 0.0731. The van der Waals surface area contributed by atoms with Crippen molar-refractivity contribution in [1.29, 1.82) is 0 Å². The Labute approximate surface area is 192 Å². The standard InChI is InChI=1S/C24H24F2N2O4S/c1-27(2)14-15-28(24(29)18-7-5-8-21(26)16-18)17-19-6-3-4-9-23(19)32-33(30,31)22-12-10-20(25)11-13-22/h3-13,16H,14-15,17H2,1-2H3. The van der Waals surface area contributed by atoms with Crippen LogP contribution >= 0.6 is 0 Å². The first kappa shape index (κ1) is 24.3. The maximum Gasteiger partial charge on any atom is 0.339 e. The molecule has 0 spiro atoms. The van der Waals surface area contributed by atoms with E-state index in [1.54, 1.807) is 18.2 Å². The lowest BCUT2D eigenvalue weighted by Gasteiger charge is -2.25. The molecule has 0 aliphatic rings. The Morgan fingerprint density at radius 1 is 0.879 bits per heavy atom. The Kier molecular flexibility index (Phi) is 7.78. The van der Waals surface area contributed by atoms with Crippen LogP contribution in [0.25, 0.3) is 0 Å². The van der Waals surface area contributed by atoms with E-state index in [0.29, 0.717) is 18.7 Å². The molecule has 0 aliphatic heterocycles. The van der Waals surface area contributed by atoms with Crippen LogP contribution in [-0.4, -0.2) is 51.3 Å². The first-order valence-corrected chi connectivity index (χ1v) is 11.5. The molecular formula is C24H24F2N2O4S. The van der Waals surface area contributed by atoms with Crippen molar-refractivity contribution in [2.75, 3.05) is 27.2 Å². The lowest BCUT2D eigenvalue weighted by atomic mass is 10.1. The Hall–Kier alpha value is -3.30. The molecule has 0 fully saturated rings. The predicted octanol–water partition coefficient (Wildman–Crippen LogP) is 3.94. The Morgan fingerprint density at radius 3 is 2.24 bits per heavy atom. The van der Waals surface area contributed by atoms with Crippen LogP contribution in [0.1, 0.15) is 15.9 Å². The van der Waals surface area contributed by atoms with Gasteiger partial charge in [-0.1, -0.05) is 24.3 Å². The van der Waals surface area contributed by atoms with Gasteiger partial charge >= 0.3 is 10.1 Å². The summed E-state index contributed by atoms with van der Waals surface area (Å²) in [5.74, 6) is -1.44. The van der Waals surface area contributed by atoms with Crippen molar-refractivity contribution in [3.05, 3.63) is 95.6 Å². The van der Waals surface area contributed by atoms with Crippen LogP contribution in [0.2, 0.25) is 0 Å². The van der Waals surface area contributed by atoms with E-state index in [0.717, 1.165) is 30.3 Å². The minimum absolute atomic E-state index is 0.0400. The molecule has 0 bridgehead atoms. The van der Waals surface area contributed by atoms with Crippen LogP contribution in [0, 0.1) is 11.6 Å². The molecule has 0 radical (unpaired) electrons. The number of hydrogen-bond acceptors (Lipinski definition) is 5. The fourth-order valence-electron chi connectivity index (χ4n) is 3.07. The van der Waals surface area contributed by atoms with E-state index in [4.69, 9.17) is 4.18 Å². The molecule has 3 aromatic carbocycles. The van der Waals surface area contributed by atoms with Gasteiger partial charge in [-0.2, -0.15) is 8.42 Å². The first-order chi connectivity index (χ1) is 15.7. The van der Waals surface area contributed by atoms with Crippen LogP contribution in [0.4, 0.5) is 8.78 Å². The maximum absolute atomic E-state index is 13.7. The summed E-state index contributed by atoms with van der Waals surface area (Å²) in [7, 11) is -0.503. The molecule has 0 aromatic heterocycles. The number of nitrogens with zero attached hydrogens (tertiary/aromatic N) is 2. The third kappa shape index (κ3) is 6.59. The number of benzene rings is 3. The summed E-state index contributed by atoms with van der Waals surface area (Å²) < 4.78 is 57.6. The molecule has 3 rings (SSSR count). The highest BCUT2D eigenvalue weighted by atomic mass is 32.2. The Balaban J connectivity index is 1.89. The molecule has 0 N–H and O–H groups in total. The van der Waals surface area contributed by atoms with Crippen LogP contribution in [0.15, 0.2) is 77.7 Å². The molecular weight excluding hydrogens is 450 g/mol. The molecule has 0 unspecified atom stereocenters. The monoisotopic (exact) mass is 474 g/mol. The average molecular weight is 475 g/mol. The zero-order chi connectivity index (χ0) is 24.0. The predicted molar refractivity (Wildman–Crippen MR) is 120 cm³/mol. The molecule has 1 amide bonds. The zero-order valence-electron chi connectivity index (χ0n) is 18.2. The van der Waals surface area contributed by atoms with Crippen molar-refractivity contribution >= 4 is 16.0 Å². The third-order valence-electron chi connectivity index (χ3n) is 4.81. The van der Waals surface area contributed by atoms with Crippen molar-refractivity contribution in [2.45, 2.75) is 11.4 Å². The number of rotatable bonds is 9. The summed E-state index contributed by atoms with van der Waals surface area (Å²) in [5.41, 5.74) is 0.637. The number of halogens is 2. The summed E-state index contributed by atoms with van der Waals surface area (Å²) in [6.45, 7) is 0.900. The number of likely N-dealkylation sites (N-methyl/N-ethyl adjacent to an activating group) is 1. The van der Waals surface area contributed by atoms with Gasteiger partial charge in [-0.3, -0.25) is 4.79 Å². The molecule has 0 saturated heterocycles. The smallest absolute Gasteiger partial charge is 0.339 e. The Morgan fingerprint density at radius 2 is 1.58 bits per heavy atom. The maximum atomic E-state index is 13.7. The van der Waals surface area contributed by atoms with Gasteiger partial charge in [0.15, 0.2) is 0 Å². The summed E-state index contributed by atoms with van der Waals surface area (Å²) in [6.07, 6.45) is 0.